The van der Waals surface area contributed by atoms with Crippen LogP contribution in [0.3, 0.4) is 0 Å². The number of benzene rings is 6. The second-order valence-corrected chi connectivity index (χ2v) is 15.5. The van der Waals surface area contributed by atoms with Crippen molar-refractivity contribution < 1.29 is 62.6 Å². The minimum Gasteiger partial charge on any atom is -0.491 e. The van der Waals surface area contributed by atoms with Crippen LogP contribution in [0.2, 0.25) is 0 Å². The van der Waals surface area contributed by atoms with Gasteiger partial charge in [-0.1, -0.05) is 49.4 Å². The van der Waals surface area contributed by atoms with E-state index in [1.807, 2.05) is 37.3 Å². The van der Waals surface area contributed by atoms with Gasteiger partial charge in [-0.05, 0) is 139 Å². The van der Waals surface area contributed by atoms with Crippen LogP contribution in [0.5, 0.6) is 0 Å². The average molecular weight is 871 g/mol. The van der Waals surface area contributed by atoms with Gasteiger partial charge < -0.3 is 38.6 Å². The first-order chi connectivity index (χ1) is 30.7. The molecule has 4 unspecified atom stereocenters. The number of rotatable bonds is 18. The van der Waals surface area contributed by atoms with Crippen LogP contribution in [0.1, 0.15) is 98.4 Å². The Balaban J connectivity index is 0.976. The highest BCUT2D eigenvalue weighted by Crippen LogP contribution is 2.26. The van der Waals surface area contributed by atoms with E-state index in [1.54, 1.807) is 106 Å². The van der Waals surface area contributed by atoms with Gasteiger partial charge in [0.2, 0.25) is 0 Å². The normalized spacial score (nSPS) is 13.4. The third-order valence-corrected chi connectivity index (χ3v) is 9.82. The summed E-state index contributed by atoms with van der Waals surface area (Å²) in [6.07, 6.45) is -0.246. The second-order valence-electron chi connectivity index (χ2n) is 15.5. The summed E-state index contributed by atoms with van der Waals surface area (Å²) in [5.74, 6) is -2.36. The number of hydrogen-bond acceptors (Lipinski definition) is 13. The Hall–Kier alpha value is -7.09. The fraction of sp³-hybridized carbons (Fsp3) is 0.275. The molecule has 0 radical (unpaired) electrons. The lowest BCUT2D eigenvalue weighted by Crippen LogP contribution is -2.22. The maximum absolute atomic E-state index is 13.1. The third kappa shape index (κ3) is 12.3. The molecule has 0 aromatic heterocycles. The number of hydrogen-bond donors (Lipinski definition) is 2. The molecule has 0 saturated carbocycles. The molecule has 0 fully saturated rings. The predicted octanol–water partition coefficient (Wildman–Crippen LogP) is 8.64. The van der Waals surface area contributed by atoms with Crippen LogP contribution in [0.4, 0.5) is 0 Å². The fourth-order valence-electron chi connectivity index (χ4n) is 6.58. The summed E-state index contributed by atoms with van der Waals surface area (Å²) in [6.45, 7) is 8.05. The number of aliphatic hydroxyl groups is 2. The number of carbonyl (C=O) groups is 5. The maximum Gasteiger partial charge on any atom is 0.338 e. The molecule has 0 aliphatic heterocycles. The van der Waals surface area contributed by atoms with Crippen LogP contribution in [0, 0.1) is 0 Å². The summed E-state index contributed by atoms with van der Waals surface area (Å²) in [5.41, 5.74) is 2.25. The number of esters is 5. The van der Waals surface area contributed by atoms with Crippen molar-refractivity contribution in [1.29, 1.82) is 0 Å². The lowest BCUT2D eigenvalue weighted by Gasteiger charge is -2.15. The lowest BCUT2D eigenvalue weighted by atomic mass is 10.0. The van der Waals surface area contributed by atoms with Crippen LogP contribution in [-0.2, 0) is 28.4 Å². The van der Waals surface area contributed by atoms with Crippen LogP contribution >= 0.6 is 0 Å². The zero-order valence-electron chi connectivity index (χ0n) is 36.2. The fourth-order valence-corrected chi connectivity index (χ4v) is 6.58. The van der Waals surface area contributed by atoms with E-state index in [4.69, 9.17) is 28.4 Å². The van der Waals surface area contributed by atoms with Crippen molar-refractivity contribution in [1.82, 2.24) is 0 Å². The summed E-state index contributed by atoms with van der Waals surface area (Å²) in [4.78, 5) is 64.2. The van der Waals surface area contributed by atoms with Crippen molar-refractivity contribution in [2.45, 2.75) is 65.5 Å². The van der Waals surface area contributed by atoms with Crippen LogP contribution in [-0.4, -0.2) is 90.9 Å². The molecule has 0 aliphatic carbocycles. The Morgan fingerprint density at radius 3 is 1.12 bits per heavy atom. The Morgan fingerprint density at radius 2 is 0.734 bits per heavy atom. The third-order valence-electron chi connectivity index (χ3n) is 9.82. The van der Waals surface area contributed by atoms with E-state index in [2.05, 4.69) is 0 Å². The van der Waals surface area contributed by atoms with Gasteiger partial charge >= 0.3 is 29.8 Å². The number of fused-ring (bicyclic) bond motifs is 3. The van der Waals surface area contributed by atoms with Gasteiger partial charge in [0.25, 0.3) is 0 Å². The largest absolute Gasteiger partial charge is 0.491 e. The highest BCUT2D eigenvalue weighted by molar-refractivity contribution is 6.01. The van der Waals surface area contributed by atoms with E-state index in [1.165, 1.54) is 6.92 Å². The molecule has 2 N–H and O–H groups in total. The molecular formula is C51H50O13. The van der Waals surface area contributed by atoms with Crippen LogP contribution in [0.25, 0.3) is 38.1 Å². The smallest absolute Gasteiger partial charge is 0.338 e. The molecular weight excluding hydrogens is 821 g/mol. The van der Waals surface area contributed by atoms with Crippen molar-refractivity contribution in [2.24, 2.45) is 0 Å². The van der Waals surface area contributed by atoms with Crippen molar-refractivity contribution in [3.63, 3.8) is 0 Å². The van der Waals surface area contributed by atoms with Gasteiger partial charge in [0.05, 0.1) is 40.0 Å². The Labute approximate surface area is 370 Å². The zero-order chi connectivity index (χ0) is 45.9. The highest BCUT2D eigenvalue weighted by atomic mass is 16.6. The Morgan fingerprint density at radius 1 is 0.422 bits per heavy atom. The number of aliphatic hydroxyl groups excluding tert-OH is 2. The van der Waals surface area contributed by atoms with Crippen LogP contribution < -0.4 is 0 Å². The summed E-state index contributed by atoms with van der Waals surface area (Å²) in [6, 6.07) is 30.5. The summed E-state index contributed by atoms with van der Waals surface area (Å²) < 4.78 is 32.9. The summed E-state index contributed by atoms with van der Waals surface area (Å²) in [5, 5.41) is 23.5. The van der Waals surface area contributed by atoms with Crippen molar-refractivity contribution in [3.8, 4) is 0 Å². The van der Waals surface area contributed by atoms with Gasteiger partial charge in [-0.25, -0.2) is 24.0 Å². The van der Waals surface area contributed by atoms with Gasteiger partial charge in [-0.2, -0.15) is 0 Å². The molecule has 332 valence electrons. The van der Waals surface area contributed by atoms with E-state index in [0.29, 0.717) is 38.4 Å². The molecule has 0 amide bonds. The summed E-state index contributed by atoms with van der Waals surface area (Å²) in [7, 11) is 0. The first-order valence-electron chi connectivity index (χ1n) is 20.9. The molecule has 0 spiro atoms. The maximum atomic E-state index is 13.1. The SMILES string of the molecule is CC/C=C(\OCC(C)O)c1ccc2ccc(C(=O)OC(C)COC(=O)c3ccc4cc(C(=O)OC(C)COC(=O)c5ccc6cc(C(=O)OCC(C)O)ccc6c5)ccc4c3)cc2c1. The van der Waals surface area contributed by atoms with Gasteiger partial charge in [0, 0.05) is 5.56 Å². The van der Waals surface area contributed by atoms with Gasteiger partial charge in [0.15, 0.2) is 0 Å². The molecule has 64 heavy (non-hydrogen) atoms. The van der Waals surface area contributed by atoms with E-state index in [9.17, 15) is 34.2 Å². The monoisotopic (exact) mass is 870 g/mol. The van der Waals surface area contributed by atoms with Crippen LogP contribution in [0.15, 0.2) is 115 Å². The average Bonchev–Trinajstić information content (AvgIpc) is 3.29. The minimum atomic E-state index is -0.780. The highest BCUT2D eigenvalue weighted by Gasteiger charge is 2.19. The lowest BCUT2D eigenvalue weighted by molar-refractivity contribution is 0.00447. The topological polar surface area (TPSA) is 181 Å². The minimum absolute atomic E-state index is 0.120. The molecule has 6 rings (SSSR count). The molecule has 0 bridgehead atoms. The zero-order valence-corrected chi connectivity index (χ0v) is 36.2. The standard InChI is InChI=1S/C51H50O13/c1-6-7-46(59-26-30(2)52)39-14-8-34-9-15-44(25-45(34)24-39)51(58)64-33(5)29-62-49(56)42-18-12-38-23-43(19-13-37(38)22-42)50(57)63-32(4)28-61-48(55)41-17-11-35-20-40(16-10-36(35)21-41)47(54)60-27-31(3)53/h7-25,30-33,52-53H,6,26-29H2,1-5H3/b46-7-. The van der Waals surface area contributed by atoms with Crippen molar-refractivity contribution >= 4 is 67.9 Å². The molecule has 4 atom stereocenters. The summed E-state index contributed by atoms with van der Waals surface area (Å²) >= 11 is 0. The molecule has 0 heterocycles. The Kier molecular flexibility index (Phi) is 15.5. The van der Waals surface area contributed by atoms with Gasteiger partial charge in [0.1, 0.15) is 44.4 Å². The molecule has 6 aromatic carbocycles. The van der Waals surface area contributed by atoms with E-state index < -0.39 is 54.3 Å². The molecule has 6 aromatic rings. The van der Waals surface area contributed by atoms with Gasteiger partial charge in [-0.15, -0.1) is 0 Å². The molecule has 13 heteroatoms. The molecule has 0 saturated heterocycles. The molecule has 0 aliphatic rings. The first kappa shape index (κ1) is 46.4. The number of allylic oxidation sites excluding steroid dienone is 1. The van der Waals surface area contributed by atoms with Crippen molar-refractivity contribution in [3.05, 3.63) is 149 Å². The van der Waals surface area contributed by atoms with E-state index in [0.717, 1.165) is 22.8 Å². The number of ether oxygens (including phenoxy) is 6. The Bertz CT molecular complexity index is 2720. The van der Waals surface area contributed by atoms with Crippen molar-refractivity contribution in [2.75, 3.05) is 26.4 Å². The second kappa shape index (κ2) is 21.3. The number of carbonyl (C=O) groups excluding carboxylic acids is 5. The predicted molar refractivity (Wildman–Crippen MR) is 240 cm³/mol. The van der Waals surface area contributed by atoms with E-state index in [-0.39, 0.29) is 43.1 Å². The first-order valence-corrected chi connectivity index (χ1v) is 20.9. The quantitative estimate of drug-likeness (QED) is 0.0476. The van der Waals surface area contributed by atoms with E-state index >= 15 is 0 Å². The van der Waals surface area contributed by atoms with Gasteiger partial charge in [-0.3, -0.25) is 0 Å². The molecule has 13 nitrogen and oxygen atoms in total.